The van der Waals surface area contributed by atoms with E-state index >= 15 is 0 Å². The number of hydrogen-bond donors (Lipinski definition) is 0. The lowest BCUT2D eigenvalue weighted by molar-refractivity contribution is 0.0917. The summed E-state index contributed by atoms with van der Waals surface area (Å²) in [5, 5.41) is 0. The molecule has 0 saturated heterocycles. The Hall–Kier alpha value is -3.15. The highest BCUT2D eigenvalue weighted by Crippen LogP contribution is 2.23. The number of rotatable bonds is 5. The lowest BCUT2D eigenvalue weighted by Gasteiger charge is -2.11. The van der Waals surface area contributed by atoms with Crippen molar-refractivity contribution in [3.8, 4) is 17.3 Å². The number of ketones is 1. The molecule has 0 aliphatic rings. The van der Waals surface area contributed by atoms with Crippen molar-refractivity contribution in [2.45, 2.75) is 13.8 Å². The lowest BCUT2D eigenvalue weighted by atomic mass is 10.1. The molecule has 4 nitrogen and oxygen atoms in total. The molecule has 0 bridgehead atoms. The van der Waals surface area contributed by atoms with E-state index in [4.69, 9.17) is 4.74 Å². The molecule has 0 fully saturated rings. The fourth-order valence-corrected chi connectivity index (χ4v) is 2.32. The number of Topliss-reactive ketones (excluding diaryl/α,β-unsaturated/α-hetero) is 1. The molecule has 1 heterocycles. The van der Waals surface area contributed by atoms with Gasteiger partial charge in [-0.1, -0.05) is 0 Å². The zero-order chi connectivity index (χ0) is 18.7. The van der Waals surface area contributed by atoms with Crippen molar-refractivity contribution in [3.05, 3.63) is 77.0 Å². The molecular formula is C20H16F2N2O2. The Bertz CT molecular complexity index is 939. The van der Waals surface area contributed by atoms with Gasteiger partial charge in [0.15, 0.2) is 18.2 Å². The maximum atomic E-state index is 13.1. The molecule has 0 saturated carbocycles. The van der Waals surface area contributed by atoms with Gasteiger partial charge in [-0.05, 0) is 62.4 Å². The molecule has 0 unspecified atom stereocenters. The summed E-state index contributed by atoms with van der Waals surface area (Å²) in [5.41, 5.74) is 2.41. The van der Waals surface area contributed by atoms with Crippen molar-refractivity contribution in [1.29, 1.82) is 0 Å². The molecular weight excluding hydrogens is 338 g/mol. The summed E-state index contributed by atoms with van der Waals surface area (Å²) in [4.78, 5) is 20.9. The van der Waals surface area contributed by atoms with Gasteiger partial charge in [0.1, 0.15) is 11.6 Å². The first-order valence-corrected chi connectivity index (χ1v) is 7.97. The Labute approximate surface area is 149 Å². The maximum absolute atomic E-state index is 13.1. The molecule has 26 heavy (non-hydrogen) atoms. The summed E-state index contributed by atoms with van der Waals surface area (Å²) in [6.07, 6.45) is 0. The Morgan fingerprint density at radius 2 is 1.50 bits per heavy atom. The molecule has 0 aliphatic carbocycles. The van der Waals surface area contributed by atoms with Gasteiger partial charge in [-0.2, -0.15) is 4.98 Å². The van der Waals surface area contributed by atoms with Gasteiger partial charge in [-0.25, -0.2) is 13.8 Å². The van der Waals surface area contributed by atoms with Gasteiger partial charge in [0.05, 0.1) is 0 Å². The number of hydrogen-bond acceptors (Lipinski definition) is 4. The molecule has 0 spiro atoms. The monoisotopic (exact) mass is 354 g/mol. The molecule has 3 rings (SSSR count). The van der Waals surface area contributed by atoms with E-state index in [0.717, 1.165) is 0 Å². The number of ether oxygens (including phenoxy) is 1. The van der Waals surface area contributed by atoms with Gasteiger partial charge < -0.3 is 4.74 Å². The van der Waals surface area contributed by atoms with E-state index in [1.165, 1.54) is 36.4 Å². The quantitative estimate of drug-likeness (QED) is 0.641. The standard InChI is InChI=1S/C20H16F2N2O2/c1-12-13(2)23-19(15-5-9-17(22)10-6-15)24-20(12)26-11-18(25)14-3-7-16(21)8-4-14/h3-10H,11H2,1-2H3. The second-order valence-electron chi connectivity index (χ2n) is 5.79. The van der Waals surface area contributed by atoms with E-state index in [1.54, 1.807) is 26.0 Å². The summed E-state index contributed by atoms with van der Waals surface area (Å²) in [6.45, 7) is 3.37. The fraction of sp³-hybridized carbons (Fsp3) is 0.150. The minimum Gasteiger partial charge on any atom is -0.469 e. The molecule has 6 heteroatoms. The average molecular weight is 354 g/mol. The minimum atomic E-state index is -0.409. The molecule has 1 aromatic heterocycles. The van der Waals surface area contributed by atoms with Crippen LogP contribution in [0.5, 0.6) is 5.88 Å². The number of benzene rings is 2. The van der Waals surface area contributed by atoms with Gasteiger partial charge >= 0.3 is 0 Å². The first-order valence-electron chi connectivity index (χ1n) is 7.97. The molecule has 0 radical (unpaired) electrons. The van der Waals surface area contributed by atoms with Gasteiger partial charge in [-0.15, -0.1) is 0 Å². The zero-order valence-corrected chi connectivity index (χ0v) is 14.3. The van der Waals surface area contributed by atoms with Crippen LogP contribution in [0.4, 0.5) is 8.78 Å². The summed E-state index contributed by atoms with van der Waals surface area (Å²) < 4.78 is 31.6. The second kappa shape index (κ2) is 7.39. The second-order valence-corrected chi connectivity index (χ2v) is 5.79. The van der Waals surface area contributed by atoms with Crippen LogP contribution in [0.2, 0.25) is 0 Å². The van der Waals surface area contributed by atoms with E-state index in [-0.39, 0.29) is 24.1 Å². The van der Waals surface area contributed by atoms with Crippen molar-refractivity contribution < 1.29 is 18.3 Å². The van der Waals surface area contributed by atoms with Crippen molar-refractivity contribution in [1.82, 2.24) is 9.97 Å². The molecule has 0 aliphatic heterocycles. The third-order valence-electron chi connectivity index (χ3n) is 3.95. The number of aryl methyl sites for hydroxylation is 1. The number of halogens is 2. The highest BCUT2D eigenvalue weighted by atomic mass is 19.1. The van der Waals surface area contributed by atoms with Crippen molar-refractivity contribution in [2.24, 2.45) is 0 Å². The van der Waals surface area contributed by atoms with Crippen LogP contribution in [0.15, 0.2) is 48.5 Å². The summed E-state index contributed by atoms with van der Waals surface area (Å²) in [7, 11) is 0. The van der Waals surface area contributed by atoms with Crippen molar-refractivity contribution in [3.63, 3.8) is 0 Å². The van der Waals surface area contributed by atoms with Crippen LogP contribution in [-0.4, -0.2) is 22.4 Å². The Morgan fingerprint density at radius 1 is 0.923 bits per heavy atom. The van der Waals surface area contributed by atoms with Crippen molar-refractivity contribution in [2.75, 3.05) is 6.61 Å². The van der Waals surface area contributed by atoms with Crippen molar-refractivity contribution >= 4 is 5.78 Å². The third-order valence-corrected chi connectivity index (χ3v) is 3.95. The number of carbonyl (C=O) groups is 1. The third kappa shape index (κ3) is 3.91. The van der Waals surface area contributed by atoms with E-state index < -0.39 is 5.82 Å². The van der Waals surface area contributed by atoms with E-state index in [9.17, 15) is 13.6 Å². The SMILES string of the molecule is Cc1nc(-c2ccc(F)cc2)nc(OCC(=O)c2ccc(F)cc2)c1C. The average Bonchev–Trinajstić information content (AvgIpc) is 2.64. The topological polar surface area (TPSA) is 52.1 Å². The normalized spacial score (nSPS) is 10.6. The molecule has 0 atom stereocenters. The molecule has 0 N–H and O–H groups in total. The zero-order valence-electron chi connectivity index (χ0n) is 14.3. The van der Waals surface area contributed by atoms with E-state index in [0.29, 0.717) is 28.2 Å². The van der Waals surface area contributed by atoms with Crippen LogP contribution >= 0.6 is 0 Å². The minimum absolute atomic E-state index is 0.230. The first kappa shape index (κ1) is 17.7. The predicted molar refractivity (Wildman–Crippen MR) is 93.1 cm³/mol. The Morgan fingerprint density at radius 3 is 2.12 bits per heavy atom. The van der Waals surface area contributed by atoms with Crippen LogP contribution in [0.25, 0.3) is 11.4 Å². The Kier molecular flexibility index (Phi) is 5.02. The predicted octanol–water partition coefficient (Wildman–Crippen LogP) is 4.30. The highest BCUT2D eigenvalue weighted by molar-refractivity contribution is 5.97. The van der Waals surface area contributed by atoms with E-state index in [1.807, 2.05) is 0 Å². The van der Waals surface area contributed by atoms with Crippen LogP contribution in [0.3, 0.4) is 0 Å². The molecule has 0 amide bonds. The lowest BCUT2D eigenvalue weighted by Crippen LogP contribution is -2.14. The maximum Gasteiger partial charge on any atom is 0.220 e. The summed E-state index contributed by atoms with van der Waals surface area (Å²) in [6, 6.07) is 11.1. The molecule has 132 valence electrons. The highest BCUT2D eigenvalue weighted by Gasteiger charge is 2.13. The summed E-state index contributed by atoms with van der Waals surface area (Å²) >= 11 is 0. The summed E-state index contributed by atoms with van der Waals surface area (Å²) in [5.74, 6) is -0.374. The van der Waals surface area contributed by atoms with Gasteiger partial charge in [0.2, 0.25) is 5.88 Å². The number of nitrogens with zero attached hydrogens (tertiary/aromatic N) is 2. The number of aromatic nitrogens is 2. The molecule has 3 aromatic rings. The van der Waals surface area contributed by atoms with Gasteiger partial charge in [0.25, 0.3) is 0 Å². The van der Waals surface area contributed by atoms with Crippen LogP contribution in [0.1, 0.15) is 21.6 Å². The smallest absolute Gasteiger partial charge is 0.220 e. The Balaban J connectivity index is 1.82. The van der Waals surface area contributed by atoms with E-state index in [2.05, 4.69) is 9.97 Å². The van der Waals surface area contributed by atoms with Crippen LogP contribution in [0, 0.1) is 25.5 Å². The van der Waals surface area contributed by atoms with Gasteiger partial charge in [-0.3, -0.25) is 4.79 Å². The number of carbonyl (C=O) groups excluding carboxylic acids is 1. The molecule has 2 aromatic carbocycles. The van der Waals surface area contributed by atoms with Crippen LogP contribution < -0.4 is 4.74 Å². The van der Waals surface area contributed by atoms with Crippen LogP contribution in [-0.2, 0) is 0 Å². The first-order chi connectivity index (χ1) is 12.4. The van der Waals surface area contributed by atoms with Gasteiger partial charge in [0, 0.05) is 22.4 Å². The fourth-order valence-electron chi connectivity index (χ4n) is 2.32. The largest absolute Gasteiger partial charge is 0.469 e.